The van der Waals surface area contributed by atoms with Gasteiger partial charge in [-0.15, -0.1) is 0 Å². The molecule has 21 heavy (non-hydrogen) atoms. The fourth-order valence-electron chi connectivity index (χ4n) is 1.79. The van der Waals surface area contributed by atoms with Gasteiger partial charge in [0.25, 0.3) is 5.91 Å². The smallest absolute Gasteiger partial charge is 0.393 e. The molecule has 1 rings (SSSR count). The zero-order valence-corrected chi connectivity index (χ0v) is 12.6. The molecule has 0 saturated carbocycles. The summed E-state index contributed by atoms with van der Waals surface area (Å²) in [5.41, 5.74) is 4.84. The van der Waals surface area contributed by atoms with Gasteiger partial charge in [-0.25, -0.2) is 0 Å². The normalized spacial score (nSPS) is 11.5. The van der Waals surface area contributed by atoms with E-state index in [1.807, 2.05) is 13.8 Å². The number of rotatable bonds is 5. The van der Waals surface area contributed by atoms with Gasteiger partial charge in [0, 0.05) is 24.6 Å². The van der Waals surface area contributed by atoms with Crippen molar-refractivity contribution < 1.29 is 18.0 Å². The molecule has 0 heterocycles. The molecule has 0 aliphatic rings. The Kier molecular flexibility index (Phi) is 5.71. The highest BCUT2D eigenvalue weighted by Crippen LogP contribution is 2.29. The van der Waals surface area contributed by atoms with E-state index >= 15 is 0 Å². The number of carbonyl (C=O) groups is 1. The number of alkyl halides is 3. The highest BCUT2D eigenvalue weighted by Gasteiger charge is 2.30. The number of nitrogens with two attached hydrogens (primary N) is 1. The Labute approximate surface area is 126 Å². The standard InChI is InChI=1S/C14H17F3N2OS/c1-9(2)19(8-7-12(18)21)13(20)10-3-5-11(6-4-10)14(15,16)17/h3-6,9H,7-8H2,1-2H3,(H2,18,21). The fourth-order valence-corrected chi connectivity index (χ4v) is 1.88. The van der Waals surface area contributed by atoms with E-state index in [9.17, 15) is 18.0 Å². The molecule has 116 valence electrons. The first-order chi connectivity index (χ1) is 9.62. The Bertz CT molecular complexity index is 512. The third-order valence-corrected chi connectivity index (χ3v) is 3.15. The number of benzene rings is 1. The van der Waals surface area contributed by atoms with Gasteiger partial charge < -0.3 is 10.6 Å². The molecule has 0 unspecified atom stereocenters. The second-order valence-electron chi connectivity index (χ2n) is 4.88. The number of hydrogen-bond acceptors (Lipinski definition) is 2. The second-order valence-corrected chi connectivity index (χ2v) is 5.41. The van der Waals surface area contributed by atoms with Crippen LogP contribution in [0.2, 0.25) is 0 Å². The fraction of sp³-hybridized carbons (Fsp3) is 0.429. The van der Waals surface area contributed by atoms with Crippen LogP contribution in [0.25, 0.3) is 0 Å². The quantitative estimate of drug-likeness (QED) is 0.848. The van der Waals surface area contributed by atoms with Gasteiger partial charge in [0.05, 0.1) is 10.6 Å². The zero-order valence-electron chi connectivity index (χ0n) is 11.8. The number of carbonyl (C=O) groups excluding carboxylic acids is 1. The van der Waals surface area contributed by atoms with Crippen molar-refractivity contribution >= 4 is 23.1 Å². The predicted octanol–water partition coefficient (Wildman–Crippen LogP) is 3.23. The SMILES string of the molecule is CC(C)N(CCC(N)=S)C(=O)c1ccc(C(F)(F)F)cc1. The summed E-state index contributed by atoms with van der Waals surface area (Å²) < 4.78 is 37.5. The minimum absolute atomic E-state index is 0.103. The number of thiocarbonyl (C=S) groups is 1. The molecule has 7 heteroatoms. The Morgan fingerprint density at radius 2 is 1.81 bits per heavy atom. The summed E-state index contributed by atoms with van der Waals surface area (Å²) in [6, 6.07) is 4.07. The average molecular weight is 318 g/mol. The van der Waals surface area contributed by atoms with Crippen LogP contribution >= 0.6 is 12.2 Å². The van der Waals surface area contributed by atoms with Crippen molar-refractivity contribution in [3.8, 4) is 0 Å². The van der Waals surface area contributed by atoms with E-state index in [-0.39, 0.29) is 17.5 Å². The molecule has 1 amide bonds. The third kappa shape index (κ3) is 5.00. The number of amides is 1. The molecule has 0 aliphatic heterocycles. The Morgan fingerprint density at radius 3 is 2.19 bits per heavy atom. The lowest BCUT2D eigenvalue weighted by Crippen LogP contribution is -2.39. The molecule has 0 aliphatic carbocycles. The van der Waals surface area contributed by atoms with Gasteiger partial charge in [-0.05, 0) is 38.1 Å². The summed E-state index contributed by atoms with van der Waals surface area (Å²) in [7, 11) is 0. The summed E-state index contributed by atoms with van der Waals surface area (Å²) >= 11 is 4.78. The molecule has 2 N–H and O–H groups in total. The molecule has 0 radical (unpaired) electrons. The summed E-state index contributed by atoms with van der Waals surface area (Å²) in [6.07, 6.45) is -4.04. The van der Waals surface area contributed by atoms with Crippen molar-refractivity contribution in [1.82, 2.24) is 4.90 Å². The molecule has 0 spiro atoms. The van der Waals surface area contributed by atoms with E-state index in [4.69, 9.17) is 18.0 Å². The van der Waals surface area contributed by atoms with E-state index in [0.717, 1.165) is 12.1 Å². The zero-order chi connectivity index (χ0) is 16.2. The summed E-state index contributed by atoms with van der Waals surface area (Å²) in [4.78, 5) is 14.1. The minimum atomic E-state index is -4.41. The van der Waals surface area contributed by atoms with Crippen molar-refractivity contribution in [2.24, 2.45) is 5.73 Å². The van der Waals surface area contributed by atoms with Crippen LogP contribution < -0.4 is 5.73 Å². The van der Waals surface area contributed by atoms with Gasteiger partial charge in [-0.2, -0.15) is 13.2 Å². The maximum atomic E-state index is 12.5. The van der Waals surface area contributed by atoms with Crippen LogP contribution in [0, 0.1) is 0 Å². The van der Waals surface area contributed by atoms with E-state index in [2.05, 4.69) is 0 Å². The lowest BCUT2D eigenvalue weighted by Gasteiger charge is -2.26. The van der Waals surface area contributed by atoms with Gasteiger partial charge in [0.1, 0.15) is 0 Å². The van der Waals surface area contributed by atoms with Crippen LogP contribution in [0.15, 0.2) is 24.3 Å². The Balaban J connectivity index is 2.91. The van der Waals surface area contributed by atoms with Gasteiger partial charge in [-0.3, -0.25) is 4.79 Å². The molecular formula is C14H17F3N2OS. The first-order valence-corrected chi connectivity index (χ1v) is 6.80. The number of nitrogens with zero attached hydrogens (tertiary/aromatic N) is 1. The lowest BCUT2D eigenvalue weighted by molar-refractivity contribution is -0.137. The van der Waals surface area contributed by atoms with Gasteiger partial charge in [0.2, 0.25) is 0 Å². The van der Waals surface area contributed by atoms with E-state index in [0.29, 0.717) is 18.0 Å². The second kappa shape index (κ2) is 6.89. The Morgan fingerprint density at radius 1 is 1.29 bits per heavy atom. The third-order valence-electron chi connectivity index (χ3n) is 2.94. The van der Waals surface area contributed by atoms with Crippen molar-refractivity contribution in [1.29, 1.82) is 0 Å². The van der Waals surface area contributed by atoms with Gasteiger partial charge >= 0.3 is 6.18 Å². The van der Waals surface area contributed by atoms with E-state index < -0.39 is 11.7 Å². The van der Waals surface area contributed by atoms with Crippen molar-refractivity contribution in [3.05, 3.63) is 35.4 Å². The van der Waals surface area contributed by atoms with E-state index in [1.165, 1.54) is 17.0 Å². The highest BCUT2D eigenvalue weighted by atomic mass is 32.1. The summed E-state index contributed by atoms with van der Waals surface area (Å²) in [5.74, 6) is -0.338. The Hall–Kier alpha value is -1.63. The molecule has 0 saturated heterocycles. The molecule has 3 nitrogen and oxygen atoms in total. The minimum Gasteiger partial charge on any atom is -0.393 e. The largest absolute Gasteiger partial charge is 0.416 e. The molecule has 0 aromatic heterocycles. The number of halogens is 3. The van der Waals surface area contributed by atoms with Crippen LogP contribution in [0.3, 0.4) is 0 Å². The van der Waals surface area contributed by atoms with Crippen LogP contribution in [0.5, 0.6) is 0 Å². The van der Waals surface area contributed by atoms with E-state index in [1.54, 1.807) is 0 Å². The maximum Gasteiger partial charge on any atom is 0.416 e. The molecule has 0 atom stereocenters. The van der Waals surface area contributed by atoms with Gasteiger partial charge in [-0.1, -0.05) is 12.2 Å². The predicted molar refractivity (Wildman–Crippen MR) is 79.0 cm³/mol. The van der Waals surface area contributed by atoms with Crippen LogP contribution in [-0.2, 0) is 6.18 Å². The topological polar surface area (TPSA) is 46.3 Å². The summed E-state index contributed by atoms with van der Waals surface area (Å²) in [5, 5.41) is 0. The molecule has 0 bridgehead atoms. The first-order valence-electron chi connectivity index (χ1n) is 6.39. The maximum absolute atomic E-state index is 12.5. The molecule has 1 aromatic carbocycles. The average Bonchev–Trinajstić information content (AvgIpc) is 2.37. The van der Waals surface area contributed by atoms with Crippen LogP contribution in [0.1, 0.15) is 36.2 Å². The van der Waals surface area contributed by atoms with Crippen molar-refractivity contribution in [2.75, 3.05) is 6.54 Å². The van der Waals surface area contributed by atoms with Gasteiger partial charge in [0.15, 0.2) is 0 Å². The van der Waals surface area contributed by atoms with Crippen LogP contribution in [-0.4, -0.2) is 28.4 Å². The molecule has 0 fully saturated rings. The molecular weight excluding hydrogens is 301 g/mol. The number of hydrogen-bond donors (Lipinski definition) is 1. The van der Waals surface area contributed by atoms with Crippen molar-refractivity contribution in [2.45, 2.75) is 32.5 Å². The monoisotopic (exact) mass is 318 g/mol. The first kappa shape index (κ1) is 17.4. The summed E-state index contributed by atoms with van der Waals surface area (Å²) in [6.45, 7) is 3.98. The van der Waals surface area contributed by atoms with Crippen LogP contribution in [0.4, 0.5) is 13.2 Å². The highest BCUT2D eigenvalue weighted by molar-refractivity contribution is 7.80. The molecule has 1 aromatic rings. The van der Waals surface area contributed by atoms with Crippen molar-refractivity contribution in [3.63, 3.8) is 0 Å². The lowest BCUT2D eigenvalue weighted by atomic mass is 10.1.